The van der Waals surface area contributed by atoms with Gasteiger partial charge in [0, 0.05) is 0 Å². The fourth-order valence-electron chi connectivity index (χ4n) is 2.84. The van der Waals surface area contributed by atoms with Crippen molar-refractivity contribution in [2.75, 3.05) is 0 Å². The summed E-state index contributed by atoms with van der Waals surface area (Å²) in [6.07, 6.45) is 0.823. The van der Waals surface area contributed by atoms with E-state index in [2.05, 4.69) is 10.6 Å². The van der Waals surface area contributed by atoms with Crippen molar-refractivity contribution in [3.63, 3.8) is 0 Å². The van der Waals surface area contributed by atoms with Crippen molar-refractivity contribution in [3.8, 4) is 0 Å². The number of hydrogen-bond acceptors (Lipinski definition) is 2. The largest absolute Gasteiger partial charge is 0.322 e. The first-order chi connectivity index (χ1) is 7.64. The Hall–Kier alpha value is -1.84. The molecular weight excluding hydrogens is 204 g/mol. The Morgan fingerprint density at radius 2 is 2.06 bits per heavy atom. The van der Waals surface area contributed by atoms with Crippen molar-refractivity contribution in [3.05, 3.63) is 35.4 Å². The topological polar surface area (TPSA) is 58.2 Å². The average molecular weight is 216 g/mol. The molecule has 2 N–H and O–H groups in total. The molecular formula is C12H12N2O2. The van der Waals surface area contributed by atoms with Crippen LogP contribution in [0.3, 0.4) is 0 Å². The van der Waals surface area contributed by atoms with E-state index in [0.717, 1.165) is 17.5 Å². The molecule has 2 atom stereocenters. The lowest BCUT2D eigenvalue weighted by atomic mass is 9.85. The maximum Gasteiger partial charge on any atom is 0.322 e. The van der Waals surface area contributed by atoms with Crippen LogP contribution in [0.15, 0.2) is 24.3 Å². The molecule has 1 aliphatic carbocycles. The van der Waals surface area contributed by atoms with Gasteiger partial charge in [0.05, 0.1) is 0 Å². The first kappa shape index (κ1) is 9.39. The number of fused-ring (bicyclic) bond motifs is 2. The highest BCUT2D eigenvalue weighted by Gasteiger charge is 2.55. The first-order valence-electron chi connectivity index (χ1n) is 5.36. The van der Waals surface area contributed by atoms with Gasteiger partial charge in [-0.25, -0.2) is 4.79 Å². The van der Waals surface area contributed by atoms with Crippen molar-refractivity contribution >= 4 is 11.9 Å². The zero-order valence-electron chi connectivity index (χ0n) is 8.91. The van der Waals surface area contributed by atoms with Crippen LogP contribution in [0.1, 0.15) is 18.1 Å². The third kappa shape index (κ3) is 0.939. The van der Waals surface area contributed by atoms with Gasteiger partial charge in [0.15, 0.2) is 0 Å². The van der Waals surface area contributed by atoms with Crippen molar-refractivity contribution in [1.29, 1.82) is 0 Å². The van der Waals surface area contributed by atoms with Crippen molar-refractivity contribution in [1.82, 2.24) is 10.6 Å². The molecule has 3 amide bonds. The SMILES string of the molecule is C[C@H]1Cc2ccccc2[C@@]12NC(=O)NC2=O. The van der Waals surface area contributed by atoms with E-state index >= 15 is 0 Å². The summed E-state index contributed by atoms with van der Waals surface area (Å²) in [7, 11) is 0. The van der Waals surface area contributed by atoms with Crippen LogP contribution >= 0.6 is 0 Å². The second-order valence-electron chi connectivity index (χ2n) is 4.48. The fourth-order valence-corrected chi connectivity index (χ4v) is 2.84. The number of hydrogen-bond donors (Lipinski definition) is 2. The Kier molecular flexibility index (Phi) is 1.67. The zero-order valence-corrected chi connectivity index (χ0v) is 8.91. The second-order valence-corrected chi connectivity index (χ2v) is 4.48. The summed E-state index contributed by atoms with van der Waals surface area (Å²) < 4.78 is 0. The van der Waals surface area contributed by atoms with Crippen LogP contribution in [0.25, 0.3) is 0 Å². The summed E-state index contributed by atoms with van der Waals surface area (Å²) in [5.74, 6) is -0.133. The van der Waals surface area contributed by atoms with Gasteiger partial charge in [-0.2, -0.15) is 0 Å². The summed E-state index contributed by atoms with van der Waals surface area (Å²) in [6, 6.07) is 7.39. The predicted molar refractivity (Wildman–Crippen MR) is 57.7 cm³/mol. The Morgan fingerprint density at radius 1 is 1.31 bits per heavy atom. The molecule has 3 rings (SSSR count). The normalized spacial score (nSPS) is 31.4. The van der Waals surface area contributed by atoms with E-state index < -0.39 is 11.6 Å². The van der Waals surface area contributed by atoms with Gasteiger partial charge < -0.3 is 5.32 Å². The van der Waals surface area contributed by atoms with Crippen molar-refractivity contribution < 1.29 is 9.59 Å². The van der Waals surface area contributed by atoms with Crippen LogP contribution in [-0.4, -0.2) is 11.9 Å². The zero-order chi connectivity index (χ0) is 11.3. The maximum atomic E-state index is 12.0. The summed E-state index contributed by atoms with van der Waals surface area (Å²) in [5.41, 5.74) is 1.24. The van der Waals surface area contributed by atoms with Crippen LogP contribution in [0.5, 0.6) is 0 Å². The standard InChI is InChI=1S/C12H12N2O2/c1-7-6-8-4-2-3-5-9(8)12(7)10(15)13-11(16)14-12/h2-5,7H,6H2,1H3,(H2,13,14,15,16)/t7-,12-/m0/s1. The second kappa shape index (κ2) is 2.84. The van der Waals surface area contributed by atoms with E-state index in [1.54, 1.807) is 0 Å². The van der Waals surface area contributed by atoms with Crippen molar-refractivity contribution in [2.24, 2.45) is 5.92 Å². The number of carbonyl (C=O) groups is 2. The van der Waals surface area contributed by atoms with Gasteiger partial charge in [0.1, 0.15) is 5.54 Å². The maximum absolute atomic E-state index is 12.0. The Labute approximate surface area is 93.0 Å². The Bertz CT molecular complexity index is 498. The molecule has 4 nitrogen and oxygen atoms in total. The number of rotatable bonds is 0. The van der Waals surface area contributed by atoms with Gasteiger partial charge in [0.25, 0.3) is 5.91 Å². The average Bonchev–Trinajstić information content (AvgIpc) is 2.69. The van der Waals surface area contributed by atoms with E-state index in [4.69, 9.17) is 0 Å². The lowest BCUT2D eigenvalue weighted by molar-refractivity contribution is -0.125. The van der Waals surface area contributed by atoms with Crippen LogP contribution in [0.4, 0.5) is 4.79 Å². The van der Waals surface area contributed by atoms with E-state index in [0.29, 0.717) is 0 Å². The van der Waals surface area contributed by atoms with Gasteiger partial charge in [-0.1, -0.05) is 31.2 Å². The quantitative estimate of drug-likeness (QED) is 0.633. The smallest absolute Gasteiger partial charge is 0.319 e. The van der Waals surface area contributed by atoms with Crippen LogP contribution in [0.2, 0.25) is 0 Å². The highest BCUT2D eigenvalue weighted by atomic mass is 16.2. The number of amides is 3. The molecule has 1 aliphatic heterocycles. The molecule has 0 radical (unpaired) electrons. The predicted octanol–water partition coefficient (Wildman–Crippen LogP) is 0.913. The Balaban J connectivity index is 2.21. The molecule has 0 unspecified atom stereocenters. The van der Waals surface area contributed by atoms with Gasteiger partial charge in [-0.05, 0) is 23.5 Å². The highest BCUT2D eigenvalue weighted by Crippen LogP contribution is 2.42. The summed E-state index contributed by atoms with van der Waals surface area (Å²) in [6.45, 7) is 1.99. The summed E-state index contributed by atoms with van der Waals surface area (Å²) in [5, 5.41) is 5.12. The molecule has 1 heterocycles. The number of carbonyl (C=O) groups excluding carboxylic acids is 2. The molecule has 2 aliphatic rings. The lowest BCUT2D eigenvalue weighted by Crippen LogP contribution is -2.46. The third-order valence-corrected chi connectivity index (χ3v) is 3.60. The number of imide groups is 1. The minimum Gasteiger partial charge on any atom is -0.319 e. The minimum absolute atomic E-state index is 0.0938. The number of urea groups is 1. The highest BCUT2D eigenvalue weighted by molar-refractivity contribution is 6.08. The van der Waals surface area contributed by atoms with Crippen molar-refractivity contribution in [2.45, 2.75) is 18.9 Å². The monoisotopic (exact) mass is 216 g/mol. The molecule has 1 aromatic carbocycles. The lowest BCUT2D eigenvalue weighted by Gasteiger charge is -2.26. The van der Waals surface area contributed by atoms with E-state index in [1.165, 1.54) is 0 Å². The molecule has 16 heavy (non-hydrogen) atoms. The van der Waals surface area contributed by atoms with E-state index in [9.17, 15) is 9.59 Å². The fraction of sp³-hybridized carbons (Fsp3) is 0.333. The molecule has 0 aromatic heterocycles. The summed E-state index contributed by atoms with van der Waals surface area (Å²) in [4.78, 5) is 23.3. The molecule has 1 fully saturated rings. The first-order valence-corrected chi connectivity index (χ1v) is 5.36. The minimum atomic E-state index is -0.840. The van der Waals surface area contributed by atoms with Gasteiger partial charge in [0.2, 0.25) is 0 Å². The molecule has 1 spiro atoms. The molecule has 82 valence electrons. The number of benzene rings is 1. The summed E-state index contributed by atoms with van der Waals surface area (Å²) >= 11 is 0. The third-order valence-electron chi connectivity index (χ3n) is 3.60. The van der Waals surface area contributed by atoms with Gasteiger partial charge in [-0.3, -0.25) is 10.1 Å². The van der Waals surface area contributed by atoms with E-state index in [1.807, 2.05) is 31.2 Å². The van der Waals surface area contributed by atoms with Gasteiger partial charge >= 0.3 is 6.03 Å². The number of nitrogens with one attached hydrogen (secondary N) is 2. The Morgan fingerprint density at radius 3 is 2.75 bits per heavy atom. The van der Waals surface area contributed by atoms with Crippen LogP contribution in [-0.2, 0) is 16.8 Å². The van der Waals surface area contributed by atoms with Gasteiger partial charge in [-0.15, -0.1) is 0 Å². The molecule has 0 bridgehead atoms. The molecule has 4 heteroatoms. The molecule has 0 saturated carbocycles. The molecule has 1 saturated heterocycles. The van der Waals surface area contributed by atoms with Crippen LogP contribution < -0.4 is 10.6 Å². The molecule has 1 aromatic rings. The van der Waals surface area contributed by atoms with Crippen LogP contribution in [0, 0.1) is 5.92 Å². The van der Waals surface area contributed by atoms with E-state index in [-0.39, 0.29) is 11.8 Å².